The number of amides is 1. The van der Waals surface area contributed by atoms with Crippen LogP contribution in [0.2, 0.25) is 0 Å². The molecule has 0 saturated heterocycles. The molecule has 0 saturated carbocycles. The number of carbonyl (C=O) groups excluding carboxylic acids is 1. The van der Waals surface area contributed by atoms with Crippen LogP contribution < -0.4 is 10.1 Å². The smallest absolute Gasteiger partial charge is 0.243 e. The molecule has 7 heteroatoms. The van der Waals surface area contributed by atoms with Gasteiger partial charge in [-0.2, -0.15) is 4.31 Å². The Bertz CT molecular complexity index is 867. The van der Waals surface area contributed by atoms with Crippen molar-refractivity contribution in [1.82, 2.24) is 9.62 Å². The van der Waals surface area contributed by atoms with Crippen LogP contribution >= 0.6 is 0 Å². The van der Waals surface area contributed by atoms with Gasteiger partial charge in [-0.15, -0.1) is 0 Å². The number of benzene rings is 2. The van der Waals surface area contributed by atoms with E-state index in [1.807, 2.05) is 30.3 Å². The molecule has 0 bridgehead atoms. The molecule has 0 heterocycles. The van der Waals surface area contributed by atoms with Crippen LogP contribution in [0.4, 0.5) is 0 Å². The Morgan fingerprint density at radius 3 is 2.44 bits per heavy atom. The molecule has 0 aliphatic heterocycles. The van der Waals surface area contributed by atoms with Gasteiger partial charge in [-0.05, 0) is 42.7 Å². The van der Waals surface area contributed by atoms with E-state index >= 15 is 0 Å². The van der Waals surface area contributed by atoms with Gasteiger partial charge in [0, 0.05) is 13.1 Å². The Labute approximate surface area is 161 Å². The minimum Gasteiger partial charge on any atom is -0.496 e. The van der Waals surface area contributed by atoms with Crippen molar-refractivity contribution >= 4 is 15.9 Å². The van der Waals surface area contributed by atoms with Crippen molar-refractivity contribution in [3.05, 3.63) is 59.7 Å². The molecule has 0 unspecified atom stereocenters. The lowest BCUT2D eigenvalue weighted by atomic mass is 10.1. The van der Waals surface area contributed by atoms with E-state index in [1.165, 1.54) is 17.5 Å². The summed E-state index contributed by atoms with van der Waals surface area (Å²) in [4.78, 5) is 12.4. The molecule has 0 aliphatic rings. The standard InChI is InChI=1S/C20H26N2O4S/c1-4-22(15-20(23)21-13-12-17-8-6-5-7-9-17)27(24,25)18-10-11-19(26-3)16(2)14-18/h5-11,14H,4,12-13,15H2,1-3H3,(H,21,23). The third-order valence-corrected chi connectivity index (χ3v) is 6.17. The van der Waals surface area contributed by atoms with Gasteiger partial charge in [0.15, 0.2) is 0 Å². The van der Waals surface area contributed by atoms with Crippen LogP contribution in [0.25, 0.3) is 0 Å². The normalized spacial score (nSPS) is 11.4. The zero-order chi connectivity index (χ0) is 19.9. The first-order valence-corrected chi connectivity index (χ1v) is 10.3. The van der Waals surface area contributed by atoms with Crippen molar-refractivity contribution in [2.24, 2.45) is 0 Å². The summed E-state index contributed by atoms with van der Waals surface area (Å²) in [5.74, 6) is 0.303. The SMILES string of the molecule is CCN(CC(=O)NCCc1ccccc1)S(=O)(=O)c1ccc(OC)c(C)c1. The fourth-order valence-corrected chi connectivity index (χ4v) is 4.23. The van der Waals surface area contributed by atoms with E-state index in [4.69, 9.17) is 4.74 Å². The van der Waals surface area contributed by atoms with Gasteiger partial charge in [0.2, 0.25) is 15.9 Å². The lowest BCUT2D eigenvalue weighted by molar-refractivity contribution is -0.121. The maximum atomic E-state index is 12.9. The van der Waals surface area contributed by atoms with E-state index in [1.54, 1.807) is 26.0 Å². The summed E-state index contributed by atoms with van der Waals surface area (Å²) in [5.41, 5.74) is 1.84. The second-order valence-electron chi connectivity index (χ2n) is 6.15. The number of hydrogen-bond donors (Lipinski definition) is 1. The number of nitrogens with zero attached hydrogens (tertiary/aromatic N) is 1. The fraction of sp³-hybridized carbons (Fsp3) is 0.350. The molecule has 0 spiro atoms. The molecule has 2 rings (SSSR count). The summed E-state index contributed by atoms with van der Waals surface area (Å²) in [6.07, 6.45) is 0.698. The number of nitrogens with one attached hydrogen (secondary N) is 1. The van der Waals surface area contributed by atoms with Gasteiger partial charge in [0.05, 0.1) is 18.6 Å². The quantitative estimate of drug-likeness (QED) is 0.713. The second-order valence-corrected chi connectivity index (χ2v) is 8.09. The largest absolute Gasteiger partial charge is 0.496 e. The number of methoxy groups -OCH3 is 1. The molecule has 0 atom stereocenters. The van der Waals surface area contributed by atoms with Crippen LogP contribution in [0, 0.1) is 6.92 Å². The molecule has 146 valence electrons. The van der Waals surface area contributed by atoms with E-state index in [0.29, 0.717) is 18.7 Å². The first kappa shape index (κ1) is 20.9. The topological polar surface area (TPSA) is 75.7 Å². The third kappa shape index (κ3) is 5.55. The van der Waals surface area contributed by atoms with Crippen molar-refractivity contribution < 1.29 is 17.9 Å². The number of sulfonamides is 1. The molecule has 1 N–H and O–H groups in total. The zero-order valence-electron chi connectivity index (χ0n) is 15.9. The molecular weight excluding hydrogens is 364 g/mol. The van der Waals surface area contributed by atoms with Crippen molar-refractivity contribution in [3.8, 4) is 5.75 Å². The van der Waals surface area contributed by atoms with E-state index in [9.17, 15) is 13.2 Å². The number of ether oxygens (including phenoxy) is 1. The molecular formula is C20H26N2O4S. The van der Waals surface area contributed by atoms with Crippen LogP contribution in [0.3, 0.4) is 0 Å². The molecule has 2 aromatic rings. The van der Waals surface area contributed by atoms with Gasteiger partial charge in [-0.1, -0.05) is 37.3 Å². The van der Waals surface area contributed by atoms with Gasteiger partial charge >= 0.3 is 0 Å². The van der Waals surface area contributed by atoms with Crippen LogP contribution in [0.5, 0.6) is 5.75 Å². The van der Waals surface area contributed by atoms with E-state index in [2.05, 4.69) is 5.32 Å². The Balaban J connectivity index is 2.00. The Hall–Kier alpha value is -2.38. The number of carbonyl (C=O) groups is 1. The molecule has 0 fully saturated rings. The molecule has 6 nitrogen and oxygen atoms in total. The van der Waals surface area contributed by atoms with Crippen molar-refractivity contribution in [3.63, 3.8) is 0 Å². The number of hydrogen-bond acceptors (Lipinski definition) is 4. The average Bonchev–Trinajstić information content (AvgIpc) is 2.66. The van der Waals surface area contributed by atoms with Crippen molar-refractivity contribution in [1.29, 1.82) is 0 Å². The highest BCUT2D eigenvalue weighted by atomic mass is 32.2. The van der Waals surface area contributed by atoms with E-state index in [-0.39, 0.29) is 23.9 Å². The van der Waals surface area contributed by atoms with Gasteiger partial charge < -0.3 is 10.1 Å². The second kappa shape index (κ2) is 9.53. The van der Waals surface area contributed by atoms with Crippen molar-refractivity contribution in [2.75, 3.05) is 26.7 Å². The Morgan fingerprint density at radius 1 is 1.15 bits per heavy atom. The monoisotopic (exact) mass is 390 g/mol. The van der Waals surface area contributed by atoms with Crippen LogP contribution in [-0.4, -0.2) is 45.4 Å². The predicted octanol–water partition coefficient (Wildman–Crippen LogP) is 2.37. The maximum absolute atomic E-state index is 12.9. The highest BCUT2D eigenvalue weighted by molar-refractivity contribution is 7.89. The summed E-state index contributed by atoms with van der Waals surface area (Å²) in [6, 6.07) is 14.5. The lowest BCUT2D eigenvalue weighted by Crippen LogP contribution is -2.41. The Kier molecular flexibility index (Phi) is 7.38. The maximum Gasteiger partial charge on any atom is 0.243 e. The highest BCUT2D eigenvalue weighted by Gasteiger charge is 2.25. The molecule has 0 aliphatic carbocycles. The fourth-order valence-electron chi connectivity index (χ4n) is 2.73. The summed E-state index contributed by atoms with van der Waals surface area (Å²) in [7, 11) is -2.22. The van der Waals surface area contributed by atoms with E-state index < -0.39 is 10.0 Å². The average molecular weight is 391 g/mol. The lowest BCUT2D eigenvalue weighted by Gasteiger charge is -2.20. The summed E-state index contributed by atoms with van der Waals surface area (Å²) in [6.45, 7) is 3.95. The van der Waals surface area contributed by atoms with Crippen LogP contribution in [0.15, 0.2) is 53.4 Å². The van der Waals surface area contributed by atoms with Crippen molar-refractivity contribution in [2.45, 2.75) is 25.2 Å². The van der Waals surface area contributed by atoms with Crippen LogP contribution in [0.1, 0.15) is 18.1 Å². The minimum absolute atomic E-state index is 0.153. The summed E-state index contributed by atoms with van der Waals surface area (Å²) >= 11 is 0. The highest BCUT2D eigenvalue weighted by Crippen LogP contribution is 2.23. The predicted molar refractivity (Wildman–Crippen MR) is 105 cm³/mol. The number of aryl methyl sites for hydroxylation is 1. The molecule has 27 heavy (non-hydrogen) atoms. The third-order valence-electron chi connectivity index (χ3n) is 4.26. The number of rotatable bonds is 9. The van der Waals surface area contributed by atoms with Crippen LogP contribution in [-0.2, 0) is 21.2 Å². The minimum atomic E-state index is -3.75. The summed E-state index contributed by atoms with van der Waals surface area (Å²) in [5, 5.41) is 2.78. The van der Waals surface area contributed by atoms with E-state index in [0.717, 1.165) is 11.1 Å². The van der Waals surface area contributed by atoms with Gasteiger partial charge in [-0.25, -0.2) is 8.42 Å². The van der Waals surface area contributed by atoms with Gasteiger partial charge in [0.25, 0.3) is 0 Å². The van der Waals surface area contributed by atoms with Gasteiger partial charge in [0.1, 0.15) is 5.75 Å². The first-order valence-electron chi connectivity index (χ1n) is 8.84. The molecule has 0 aromatic heterocycles. The molecule has 1 amide bonds. The Morgan fingerprint density at radius 2 is 1.85 bits per heavy atom. The molecule has 2 aromatic carbocycles. The zero-order valence-corrected chi connectivity index (χ0v) is 16.8. The van der Waals surface area contributed by atoms with Gasteiger partial charge in [-0.3, -0.25) is 4.79 Å². The summed E-state index contributed by atoms with van der Waals surface area (Å²) < 4.78 is 32.0. The number of likely N-dealkylation sites (N-methyl/N-ethyl adjacent to an activating group) is 1. The first-order chi connectivity index (χ1) is 12.9. The molecule has 0 radical (unpaired) electrons.